The molecule has 0 atom stereocenters. The van der Waals surface area contributed by atoms with E-state index in [4.69, 9.17) is 14.9 Å². The van der Waals surface area contributed by atoms with E-state index in [0.29, 0.717) is 23.3 Å². The quantitative estimate of drug-likeness (QED) is 0.764. The normalized spacial score (nSPS) is 9.29. The molecular formula is C13H14O4. The maximum Gasteiger partial charge on any atom is 0.307 e. The van der Waals surface area contributed by atoms with Gasteiger partial charge in [0.2, 0.25) is 0 Å². The van der Waals surface area contributed by atoms with Gasteiger partial charge in [-0.05, 0) is 17.7 Å². The van der Waals surface area contributed by atoms with Gasteiger partial charge in [-0.1, -0.05) is 17.9 Å². The molecule has 0 aliphatic rings. The molecule has 0 spiro atoms. The highest BCUT2D eigenvalue weighted by atomic mass is 16.5. The zero-order chi connectivity index (χ0) is 12.7. The molecule has 2 N–H and O–H groups in total. The minimum Gasteiger partial charge on any atom is -0.495 e. The molecule has 0 fully saturated rings. The van der Waals surface area contributed by atoms with Gasteiger partial charge < -0.3 is 14.9 Å². The summed E-state index contributed by atoms with van der Waals surface area (Å²) in [7, 11) is 1.53. The van der Waals surface area contributed by atoms with Crippen molar-refractivity contribution < 1.29 is 19.7 Å². The van der Waals surface area contributed by atoms with Gasteiger partial charge in [0.15, 0.2) is 0 Å². The number of carboxylic acids is 1. The number of hydrogen-bond acceptors (Lipinski definition) is 3. The van der Waals surface area contributed by atoms with Crippen LogP contribution in [0.2, 0.25) is 0 Å². The Hall–Kier alpha value is -1.99. The first-order valence-electron chi connectivity index (χ1n) is 5.16. The fourth-order valence-electron chi connectivity index (χ4n) is 1.35. The molecule has 1 aromatic rings. The standard InChI is InChI=1S/C13H14O4/c1-17-12-6-5-10(9-13(15)16)8-11(12)4-2-3-7-14/h5-6,8,14H,3,7,9H2,1H3,(H,15,16). The van der Waals surface area contributed by atoms with Crippen LogP contribution in [0.5, 0.6) is 5.75 Å². The van der Waals surface area contributed by atoms with E-state index in [-0.39, 0.29) is 13.0 Å². The van der Waals surface area contributed by atoms with Crippen LogP contribution in [0.3, 0.4) is 0 Å². The highest BCUT2D eigenvalue weighted by Gasteiger charge is 2.05. The largest absolute Gasteiger partial charge is 0.495 e. The van der Waals surface area contributed by atoms with Gasteiger partial charge in [0.25, 0.3) is 0 Å². The Morgan fingerprint density at radius 3 is 2.82 bits per heavy atom. The van der Waals surface area contributed by atoms with Gasteiger partial charge in [0, 0.05) is 6.42 Å². The lowest BCUT2D eigenvalue weighted by molar-refractivity contribution is -0.136. The molecule has 4 heteroatoms. The van der Waals surface area contributed by atoms with Crippen LogP contribution in [0, 0.1) is 11.8 Å². The number of aliphatic hydroxyl groups excluding tert-OH is 1. The fraction of sp³-hybridized carbons (Fsp3) is 0.308. The third-order valence-corrected chi connectivity index (χ3v) is 2.08. The van der Waals surface area contributed by atoms with E-state index in [2.05, 4.69) is 11.8 Å². The maximum absolute atomic E-state index is 10.6. The van der Waals surface area contributed by atoms with Gasteiger partial charge in [-0.2, -0.15) is 0 Å². The fourth-order valence-corrected chi connectivity index (χ4v) is 1.35. The van der Waals surface area contributed by atoms with E-state index in [1.54, 1.807) is 18.2 Å². The maximum atomic E-state index is 10.6. The topological polar surface area (TPSA) is 66.8 Å². The Bertz CT molecular complexity index is 454. The van der Waals surface area contributed by atoms with Crippen LogP contribution in [-0.4, -0.2) is 29.9 Å². The number of rotatable bonds is 4. The zero-order valence-corrected chi connectivity index (χ0v) is 9.56. The molecule has 0 bridgehead atoms. The summed E-state index contributed by atoms with van der Waals surface area (Å²) in [6.45, 7) is 0.00410. The molecular weight excluding hydrogens is 220 g/mol. The third-order valence-electron chi connectivity index (χ3n) is 2.08. The highest BCUT2D eigenvalue weighted by Crippen LogP contribution is 2.19. The summed E-state index contributed by atoms with van der Waals surface area (Å²) in [5.41, 5.74) is 1.31. The Labute approximate surface area is 99.8 Å². The predicted molar refractivity (Wildman–Crippen MR) is 62.9 cm³/mol. The Kier molecular flexibility index (Phi) is 5.05. The van der Waals surface area contributed by atoms with E-state index in [1.165, 1.54) is 7.11 Å². The molecule has 0 saturated heterocycles. The minimum atomic E-state index is -0.885. The number of hydrogen-bond donors (Lipinski definition) is 2. The lowest BCUT2D eigenvalue weighted by Gasteiger charge is -2.05. The van der Waals surface area contributed by atoms with Crippen LogP contribution in [0.4, 0.5) is 0 Å². The third kappa shape index (κ3) is 4.17. The van der Waals surface area contributed by atoms with Crippen molar-refractivity contribution in [2.24, 2.45) is 0 Å². The van der Waals surface area contributed by atoms with E-state index >= 15 is 0 Å². The molecule has 4 nitrogen and oxygen atoms in total. The summed E-state index contributed by atoms with van der Waals surface area (Å²) in [4.78, 5) is 10.6. The van der Waals surface area contributed by atoms with Crippen molar-refractivity contribution in [1.29, 1.82) is 0 Å². The Balaban J connectivity index is 2.99. The molecule has 0 aromatic heterocycles. The number of aliphatic hydroxyl groups is 1. The van der Waals surface area contributed by atoms with Crippen molar-refractivity contribution in [3.63, 3.8) is 0 Å². The smallest absolute Gasteiger partial charge is 0.307 e. The second-order valence-corrected chi connectivity index (χ2v) is 3.38. The molecule has 0 amide bonds. The molecule has 0 saturated carbocycles. The Morgan fingerprint density at radius 1 is 1.47 bits per heavy atom. The van der Waals surface area contributed by atoms with Gasteiger partial charge >= 0.3 is 5.97 Å². The summed E-state index contributed by atoms with van der Waals surface area (Å²) in [6.07, 6.45) is 0.338. The molecule has 17 heavy (non-hydrogen) atoms. The summed E-state index contributed by atoms with van der Waals surface area (Å²) >= 11 is 0. The van der Waals surface area contributed by atoms with Gasteiger partial charge in [-0.3, -0.25) is 4.79 Å². The van der Waals surface area contributed by atoms with Crippen molar-refractivity contribution in [3.05, 3.63) is 29.3 Å². The van der Waals surface area contributed by atoms with Crippen LogP contribution in [-0.2, 0) is 11.2 Å². The van der Waals surface area contributed by atoms with Crippen molar-refractivity contribution in [3.8, 4) is 17.6 Å². The molecule has 90 valence electrons. The van der Waals surface area contributed by atoms with Gasteiger partial charge in [0.1, 0.15) is 5.75 Å². The summed E-state index contributed by atoms with van der Waals surface area (Å²) in [5.74, 6) is 5.35. The molecule has 0 heterocycles. The molecule has 0 aliphatic carbocycles. The number of benzene rings is 1. The van der Waals surface area contributed by atoms with E-state index in [0.717, 1.165) is 0 Å². The first kappa shape index (κ1) is 13.1. The summed E-state index contributed by atoms with van der Waals surface area (Å²) in [6, 6.07) is 5.09. The van der Waals surface area contributed by atoms with Gasteiger partial charge in [0.05, 0.1) is 25.7 Å². The van der Waals surface area contributed by atoms with Crippen LogP contribution < -0.4 is 4.74 Å². The van der Waals surface area contributed by atoms with E-state index < -0.39 is 5.97 Å². The van der Waals surface area contributed by atoms with Crippen molar-refractivity contribution in [2.45, 2.75) is 12.8 Å². The van der Waals surface area contributed by atoms with E-state index in [9.17, 15) is 4.79 Å². The van der Waals surface area contributed by atoms with Crippen LogP contribution >= 0.6 is 0 Å². The number of carbonyl (C=O) groups is 1. The molecule has 1 rings (SSSR count). The Morgan fingerprint density at radius 2 is 2.24 bits per heavy atom. The second kappa shape index (κ2) is 6.56. The molecule has 0 radical (unpaired) electrons. The number of aliphatic carboxylic acids is 1. The molecule has 0 unspecified atom stereocenters. The second-order valence-electron chi connectivity index (χ2n) is 3.38. The summed E-state index contributed by atoms with van der Waals surface area (Å²) in [5, 5.41) is 17.3. The number of carboxylic acid groups (broad SMARTS) is 1. The molecule has 0 aliphatic heterocycles. The van der Waals surface area contributed by atoms with Crippen molar-refractivity contribution >= 4 is 5.97 Å². The highest BCUT2D eigenvalue weighted by molar-refractivity contribution is 5.70. The van der Waals surface area contributed by atoms with Gasteiger partial charge in [-0.25, -0.2) is 0 Å². The van der Waals surface area contributed by atoms with Crippen LogP contribution in [0.25, 0.3) is 0 Å². The van der Waals surface area contributed by atoms with E-state index in [1.807, 2.05) is 0 Å². The van der Waals surface area contributed by atoms with Crippen molar-refractivity contribution in [2.75, 3.05) is 13.7 Å². The number of methoxy groups -OCH3 is 1. The first-order chi connectivity index (χ1) is 8.17. The first-order valence-corrected chi connectivity index (χ1v) is 5.16. The number of ether oxygens (including phenoxy) is 1. The SMILES string of the molecule is COc1ccc(CC(=O)O)cc1C#CCCO. The van der Waals surface area contributed by atoms with Gasteiger partial charge in [-0.15, -0.1) is 0 Å². The van der Waals surface area contributed by atoms with Crippen molar-refractivity contribution in [1.82, 2.24) is 0 Å². The monoisotopic (exact) mass is 234 g/mol. The van der Waals surface area contributed by atoms with Crippen LogP contribution in [0.15, 0.2) is 18.2 Å². The lowest BCUT2D eigenvalue weighted by Crippen LogP contribution is -2.00. The average Bonchev–Trinajstić information content (AvgIpc) is 2.29. The minimum absolute atomic E-state index is 0.00410. The lowest BCUT2D eigenvalue weighted by atomic mass is 10.1. The summed E-state index contributed by atoms with van der Waals surface area (Å²) < 4.78 is 5.12. The zero-order valence-electron chi connectivity index (χ0n) is 9.56. The van der Waals surface area contributed by atoms with Crippen LogP contribution in [0.1, 0.15) is 17.5 Å². The average molecular weight is 234 g/mol. The molecule has 1 aromatic carbocycles. The predicted octanol–water partition coefficient (Wildman–Crippen LogP) is 1.06.